The fourth-order valence-electron chi connectivity index (χ4n) is 1.52. The molecule has 6 heteroatoms. The minimum absolute atomic E-state index is 0.270. The molecule has 0 bridgehead atoms. The number of nitrogens with one attached hydrogen (secondary N) is 1. The van der Waals surface area contributed by atoms with Crippen molar-refractivity contribution in [3.05, 3.63) is 42.0 Å². The van der Waals surface area contributed by atoms with Crippen LogP contribution in [0.5, 0.6) is 0 Å². The quantitative estimate of drug-likeness (QED) is 0.518. The maximum atomic E-state index is 13.1. The van der Waals surface area contributed by atoms with Gasteiger partial charge in [-0.15, -0.1) is 0 Å². The van der Waals surface area contributed by atoms with Gasteiger partial charge in [0.05, 0.1) is 11.9 Å². The summed E-state index contributed by atoms with van der Waals surface area (Å²) in [7, 11) is 3.65. The van der Waals surface area contributed by atoms with Crippen molar-refractivity contribution in [1.29, 1.82) is 0 Å². The molecule has 1 aromatic carbocycles. The van der Waals surface area contributed by atoms with Crippen molar-refractivity contribution in [2.45, 2.75) is 0 Å². The lowest BCUT2D eigenvalue weighted by Gasteiger charge is -2.11. The van der Waals surface area contributed by atoms with Gasteiger partial charge in [-0.25, -0.2) is 4.39 Å². The minimum Gasteiger partial charge on any atom is -0.354 e. The number of aromatic nitrogens is 1. The second-order valence-electron chi connectivity index (χ2n) is 4.13. The summed E-state index contributed by atoms with van der Waals surface area (Å²) in [5.41, 5.74) is 3.38. The highest BCUT2D eigenvalue weighted by atomic mass is 32.1. The summed E-state index contributed by atoms with van der Waals surface area (Å²) in [5, 5.41) is 6.15. The Bertz CT molecular complexity index is 640. The van der Waals surface area contributed by atoms with Crippen molar-refractivity contribution in [3.8, 4) is 0 Å². The van der Waals surface area contributed by atoms with Gasteiger partial charge in [0, 0.05) is 25.7 Å². The first-order valence-electron chi connectivity index (χ1n) is 5.62. The van der Waals surface area contributed by atoms with E-state index >= 15 is 0 Å². The molecule has 1 heterocycles. The Balaban J connectivity index is 2.26. The summed E-state index contributed by atoms with van der Waals surface area (Å²) in [6, 6.07) is 6.31. The van der Waals surface area contributed by atoms with Crippen LogP contribution >= 0.6 is 12.2 Å². The van der Waals surface area contributed by atoms with Crippen molar-refractivity contribution >= 4 is 34.3 Å². The van der Waals surface area contributed by atoms with E-state index in [1.165, 1.54) is 12.1 Å². The molecule has 2 aromatic rings. The first-order chi connectivity index (χ1) is 9.08. The lowest BCUT2D eigenvalue weighted by Crippen LogP contribution is -2.30. The van der Waals surface area contributed by atoms with Crippen LogP contribution in [0.15, 0.2) is 35.6 Å². The highest BCUT2D eigenvalue weighted by Crippen LogP contribution is 2.16. The Morgan fingerprint density at radius 1 is 1.42 bits per heavy atom. The average Bonchev–Trinajstić information content (AvgIpc) is 2.38. The minimum atomic E-state index is -0.270. The SMILES string of the molecule is CN(C)C(=S)NN=Cc1nccc2cc(F)ccc12. The van der Waals surface area contributed by atoms with E-state index in [9.17, 15) is 4.39 Å². The van der Waals surface area contributed by atoms with Gasteiger partial charge in [-0.1, -0.05) is 0 Å². The van der Waals surface area contributed by atoms with Crippen LogP contribution in [0, 0.1) is 5.82 Å². The number of fused-ring (bicyclic) bond motifs is 1. The van der Waals surface area contributed by atoms with Gasteiger partial charge in [-0.05, 0) is 41.9 Å². The normalized spacial score (nSPS) is 10.9. The van der Waals surface area contributed by atoms with E-state index in [2.05, 4.69) is 15.5 Å². The summed E-state index contributed by atoms with van der Waals surface area (Å²) < 4.78 is 13.1. The summed E-state index contributed by atoms with van der Waals surface area (Å²) in [4.78, 5) is 5.94. The molecule has 0 spiro atoms. The van der Waals surface area contributed by atoms with Crippen molar-refractivity contribution in [1.82, 2.24) is 15.3 Å². The first kappa shape index (κ1) is 13.4. The Morgan fingerprint density at radius 3 is 2.95 bits per heavy atom. The number of hydrogen-bond acceptors (Lipinski definition) is 3. The van der Waals surface area contributed by atoms with E-state index in [0.29, 0.717) is 10.8 Å². The van der Waals surface area contributed by atoms with Gasteiger partial charge in [0.1, 0.15) is 5.82 Å². The van der Waals surface area contributed by atoms with Gasteiger partial charge < -0.3 is 4.90 Å². The molecule has 0 atom stereocenters. The fourth-order valence-corrected chi connectivity index (χ4v) is 1.58. The fraction of sp³-hybridized carbons (Fsp3) is 0.154. The number of hydrazone groups is 1. The molecule has 1 aromatic heterocycles. The second-order valence-corrected chi connectivity index (χ2v) is 4.52. The van der Waals surface area contributed by atoms with Gasteiger partial charge in [0.25, 0.3) is 0 Å². The molecule has 0 aliphatic heterocycles. The van der Waals surface area contributed by atoms with Crippen LogP contribution < -0.4 is 5.43 Å². The van der Waals surface area contributed by atoms with Gasteiger partial charge in [-0.3, -0.25) is 10.4 Å². The Kier molecular flexibility index (Phi) is 4.01. The number of nitrogens with zero attached hydrogens (tertiary/aromatic N) is 3. The van der Waals surface area contributed by atoms with Gasteiger partial charge in [0.15, 0.2) is 5.11 Å². The van der Waals surface area contributed by atoms with Crippen LogP contribution in [-0.2, 0) is 0 Å². The largest absolute Gasteiger partial charge is 0.354 e. The molecule has 98 valence electrons. The van der Waals surface area contributed by atoms with E-state index in [4.69, 9.17) is 12.2 Å². The number of hydrogen-bond donors (Lipinski definition) is 1. The molecule has 0 fully saturated rings. The standard InChI is InChI=1S/C13H13FN4S/c1-18(2)13(19)17-16-8-12-11-4-3-10(14)7-9(11)5-6-15-12/h3-8H,1-2H3,(H,17,19). The Labute approximate surface area is 115 Å². The topological polar surface area (TPSA) is 40.5 Å². The number of benzene rings is 1. The zero-order valence-corrected chi connectivity index (χ0v) is 11.4. The molecule has 1 N–H and O–H groups in total. The van der Waals surface area contributed by atoms with Gasteiger partial charge >= 0.3 is 0 Å². The molecule has 0 aliphatic rings. The van der Waals surface area contributed by atoms with Crippen molar-refractivity contribution in [2.24, 2.45) is 5.10 Å². The Hall–Kier alpha value is -2.08. The molecule has 4 nitrogen and oxygen atoms in total. The zero-order chi connectivity index (χ0) is 13.8. The van der Waals surface area contributed by atoms with Gasteiger partial charge in [-0.2, -0.15) is 5.10 Å². The third-order valence-corrected chi connectivity index (χ3v) is 2.97. The second kappa shape index (κ2) is 5.71. The average molecular weight is 276 g/mol. The molecule has 0 radical (unpaired) electrons. The van der Waals surface area contributed by atoms with Gasteiger partial charge in [0.2, 0.25) is 0 Å². The molecule has 0 saturated carbocycles. The van der Waals surface area contributed by atoms with E-state index in [1.807, 2.05) is 14.1 Å². The summed E-state index contributed by atoms with van der Waals surface area (Å²) >= 11 is 5.04. The van der Waals surface area contributed by atoms with Crippen LogP contribution in [0.3, 0.4) is 0 Å². The zero-order valence-electron chi connectivity index (χ0n) is 10.6. The monoisotopic (exact) mass is 276 g/mol. The first-order valence-corrected chi connectivity index (χ1v) is 6.03. The van der Waals surface area contributed by atoms with Crippen LogP contribution in [0.25, 0.3) is 10.8 Å². The summed E-state index contributed by atoms with van der Waals surface area (Å²) in [6.07, 6.45) is 3.18. The summed E-state index contributed by atoms with van der Waals surface area (Å²) in [5.74, 6) is -0.270. The molecule has 2 rings (SSSR count). The smallest absolute Gasteiger partial charge is 0.189 e. The number of halogens is 1. The molecule has 0 saturated heterocycles. The number of rotatable bonds is 2. The van der Waals surface area contributed by atoms with Crippen LogP contribution in [0.2, 0.25) is 0 Å². The van der Waals surface area contributed by atoms with Crippen molar-refractivity contribution in [3.63, 3.8) is 0 Å². The lowest BCUT2D eigenvalue weighted by molar-refractivity contribution is 0.606. The molecular formula is C13H13FN4S. The van der Waals surface area contributed by atoms with E-state index in [1.54, 1.807) is 29.4 Å². The predicted molar refractivity (Wildman–Crippen MR) is 78.7 cm³/mol. The molecular weight excluding hydrogens is 263 g/mol. The third-order valence-electron chi connectivity index (χ3n) is 2.51. The maximum absolute atomic E-state index is 13.1. The lowest BCUT2D eigenvalue weighted by atomic mass is 10.1. The summed E-state index contributed by atoms with van der Waals surface area (Å²) in [6.45, 7) is 0. The highest BCUT2D eigenvalue weighted by molar-refractivity contribution is 7.80. The molecule has 19 heavy (non-hydrogen) atoms. The highest BCUT2D eigenvalue weighted by Gasteiger charge is 2.01. The predicted octanol–water partition coefficient (Wildman–Crippen LogP) is 2.14. The number of thiocarbonyl (C=S) groups is 1. The van der Waals surface area contributed by atoms with E-state index < -0.39 is 0 Å². The van der Waals surface area contributed by atoms with Crippen molar-refractivity contribution in [2.75, 3.05) is 14.1 Å². The van der Waals surface area contributed by atoms with Crippen LogP contribution in [0.4, 0.5) is 4.39 Å². The third kappa shape index (κ3) is 3.23. The molecule has 0 unspecified atom stereocenters. The van der Waals surface area contributed by atoms with Crippen LogP contribution in [0.1, 0.15) is 5.69 Å². The maximum Gasteiger partial charge on any atom is 0.189 e. The van der Waals surface area contributed by atoms with Crippen molar-refractivity contribution < 1.29 is 4.39 Å². The van der Waals surface area contributed by atoms with E-state index in [-0.39, 0.29) is 5.82 Å². The number of pyridine rings is 1. The van der Waals surface area contributed by atoms with E-state index in [0.717, 1.165) is 10.8 Å². The molecule has 0 aliphatic carbocycles. The Morgan fingerprint density at radius 2 is 2.21 bits per heavy atom. The molecule has 0 amide bonds. The van der Waals surface area contributed by atoms with Crippen LogP contribution in [-0.4, -0.2) is 35.3 Å².